The highest BCUT2D eigenvalue weighted by Gasteiger charge is 2.31. The normalized spacial score (nSPS) is 19.4. The Kier molecular flexibility index (Phi) is 7.67. The summed E-state index contributed by atoms with van der Waals surface area (Å²) in [5.41, 5.74) is 0. The van der Waals surface area contributed by atoms with Crippen LogP contribution in [0.2, 0.25) is 0 Å². The van der Waals surface area contributed by atoms with Crippen molar-refractivity contribution >= 4 is 29.9 Å². The lowest BCUT2D eigenvalue weighted by Crippen LogP contribution is -2.49. The quantitative estimate of drug-likeness (QED) is 0.293. The number of guanidine groups is 1. The third kappa shape index (κ3) is 5.67. The molecule has 2 aliphatic rings. The molecule has 1 aromatic heterocycles. The molecule has 2 N–H and O–H groups in total. The van der Waals surface area contributed by atoms with Gasteiger partial charge < -0.3 is 20.1 Å². The molecule has 25 heavy (non-hydrogen) atoms. The predicted molar refractivity (Wildman–Crippen MR) is 111 cm³/mol. The summed E-state index contributed by atoms with van der Waals surface area (Å²) in [7, 11) is 1.97. The molecule has 2 heterocycles. The lowest BCUT2D eigenvalue weighted by molar-refractivity contribution is 0.197. The van der Waals surface area contributed by atoms with Gasteiger partial charge in [0.05, 0.1) is 0 Å². The minimum Gasteiger partial charge on any atom is -0.354 e. The molecule has 0 atom stereocenters. The maximum Gasteiger partial charge on any atom is 0.192 e. The molecule has 1 saturated heterocycles. The standard InChI is InChI=1S/C17H29N7.HI/c1-4-9-18-17(19-12-16-22-21-13(2)23(16)3)20-14-7-10-24(11-8-14)15-5-6-15;/h4,14-15H,1,5-12H2,2-3H3,(H2,18,19,20);1H. The van der Waals surface area contributed by atoms with E-state index in [1.807, 2.05) is 24.6 Å². The van der Waals surface area contributed by atoms with E-state index in [1.165, 1.54) is 38.8 Å². The Morgan fingerprint density at radius 1 is 1.28 bits per heavy atom. The van der Waals surface area contributed by atoms with Crippen molar-refractivity contribution in [3.05, 3.63) is 24.3 Å². The molecular formula is C17H30IN7. The molecule has 0 aromatic carbocycles. The molecule has 0 spiro atoms. The fraction of sp³-hybridized carbons (Fsp3) is 0.706. The molecule has 3 rings (SSSR count). The average Bonchev–Trinajstić information content (AvgIpc) is 3.39. The van der Waals surface area contributed by atoms with Crippen LogP contribution in [0.15, 0.2) is 17.6 Å². The first-order valence-corrected chi connectivity index (χ1v) is 8.92. The van der Waals surface area contributed by atoms with Gasteiger partial charge in [-0.25, -0.2) is 4.99 Å². The van der Waals surface area contributed by atoms with Crippen LogP contribution in [0, 0.1) is 6.92 Å². The number of piperidine rings is 1. The van der Waals surface area contributed by atoms with Crippen molar-refractivity contribution in [1.29, 1.82) is 0 Å². The second kappa shape index (κ2) is 9.51. The highest BCUT2D eigenvalue weighted by atomic mass is 127. The largest absolute Gasteiger partial charge is 0.354 e. The SMILES string of the molecule is C=CCNC(=NCc1nnc(C)n1C)NC1CCN(C2CC2)CC1.I. The zero-order chi connectivity index (χ0) is 16.9. The monoisotopic (exact) mass is 459 g/mol. The molecule has 0 bridgehead atoms. The van der Waals surface area contributed by atoms with Gasteiger partial charge >= 0.3 is 0 Å². The van der Waals surface area contributed by atoms with Gasteiger partial charge in [0, 0.05) is 38.8 Å². The summed E-state index contributed by atoms with van der Waals surface area (Å²) < 4.78 is 1.97. The van der Waals surface area contributed by atoms with Crippen LogP contribution in [-0.4, -0.2) is 57.3 Å². The van der Waals surface area contributed by atoms with Gasteiger partial charge in [-0.1, -0.05) is 6.08 Å². The molecule has 0 radical (unpaired) electrons. The van der Waals surface area contributed by atoms with E-state index in [9.17, 15) is 0 Å². The second-order valence-corrected chi connectivity index (χ2v) is 6.74. The Bertz CT molecular complexity index is 586. The van der Waals surface area contributed by atoms with Crippen molar-refractivity contribution in [2.24, 2.45) is 12.0 Å². The maximum absolute atomic E-state index is 4.68. The third-order valence-corrected chi connectivity index (χ3v) is 4.91. The van der Waals surface area contributed by atoms with Crippen molar-refractivity contribution in [3.63, 3.8) is 0 Å². The zero-order valence-corrected chi connectivity index (χ0v) is 17.6. The minimum atomic E-state index is 0. The Balaban J connectivity index is 0.00000225. The minimum absolute atomic E-state index is 0. The molecule has 8 heteroatoms. The van der Waals surface area contributed by atoms with Gasteiger partial charge in [0.25, 0.3) is 0 Å². The average molecular weight is 459 g/mol. The van der Waals surface area contributed by atoms with E-state index < -0.39 is 0 Å². The van der Waals surface area contributed by atoms with Gasteiger partial charge in [-0.15, -0.1) is 40.8 Å². The molecule has 140 valence electrons. The smallest absolute Gasteiger partial charge is 0.192 e. The first-order valence-electron chi connectivity index (χ1n) is 8.92. The van der Waals surface area contributed by atoms with Crippen LogP contribution in [-0.2, 0) is 13.6 Å². The van der Waals surface area contributed by atoms with E-state index in [1.54, 1.807) is 0 Å². The summed E-state index contributed by atoms with van der Waals surface area (Å²) in [5.74, 6) is 2.61. The van der Waals surface area contributed by atoms with Crippen LogP contribution in [0.5, 0.6) is 0 Å². The van der Waals surface area contributed by atoms with E-state index in [0.717, 1.165) is 23.7 Å². The number of nitrogens with one attached hydrogen (secondary N) is 2. The van der Waals surface area contributed by atoms with E-state index in [0.29, 0.717) is 19.1 Å². The maximum atomic E-state index is 4.68. The Morgan fingerprint density at radius 3 is 2.56 bits per heavy atom. The number of aromatic nitrogens is 3. The van der Waals surface area contributed by atoms with Crippen LogP contribution in [0.1, 0.15) is 37.3 Å². The molecule has 2 fully saturated rings. The molecule has 1 aliphatic carbocycles. The number of aryl methyl sites for hydroxylation is 1. The Hall–Kier alpha value is -1.16. The summed E-state index contributed by atoms with van der Waals surface area (Å²) in [4.78, 5) is 7.31. The molecule has 1 aromatic rings. The summed E-state index contributed by atoms with van der Waals surface area (Å²) in [5, 5.41) is 15.1. The van der Waals surface area contributed by atoms with Crippen molar-refractivity contribution < 1.29 is 0 Å². The van der Waals surface area contributed by atoms with Crippen molar-refractivity contribution in [2.45, 2.75) is 51.2 Å². The Labute approximate surface area is 167 Å². The Morgan fingerprint density at radius 2 is 2.00 bits per heavy atom. The number of aliphatic imine (C=N–C) groups is 1. The zero-order valence-electron chi connectivity index (χ0n) is 15.2. The summed E-state index contributed by atoms with van der Waals surface area (Å²) in [6, 6.07) is 1.36. The predicted octanol–water partition coefficient (Wildman–Crippen LogP) is 1.59. The fourth-order valence-corrected chi connectivity index (χ4v) is 3.10. The van der Waals surface area contributed by atoms with E-state index in [4.69, 9.17) is 0 Å². The molecular weight excluding hydrogens is 429 g/mol. The molecule has 1 aliphatic heterocycles. The highest BCUT2D eigenvalue weighted by molar-refractivity contribution is 14.0. The van der Waals surface area contributed by atoms with Crippen LogP contribution < -0.4 is 10.6 Å². The summed E-state index contributed by atoms with van der Waals surface area (Å²) in [6.07, 6.45) is 6.98. The van der Waals surface area contributed by atoms with Gasteiger partial charge in [0.15, 0.2) is 11.8 Å². The molecule has 1 saturated carbocycles. The van der Waals surface area contributed by atoms with E-state index >= 15 is 0 Å². The first kappa shape index (κ1) is 20.2. The van der Waals surface area contributed by atoms with E-state index in [2.05, 4.69) is 37.3 Å². The van der Waals surface area contributed by atoms with Gasteiger partial charge in [-0.3, -0.25) is 0 Å². The van der Waals surface area contributed by atoms with Crippen LogP contribution in [0.3, 0.4) is 0 Å². The first-order chi connectivity index (χ1) is 11.7. The summed E-state index contributed by atoms with van der Waals surface area (Å²) >= 11 is 0. The number of nitrogens with zero attached hydrogens (tertiary/aromatic N) is 5. The van der Waals surface area contributed by atoms with E-state index in [-0.39, 0.29) is 24.0 Å². The number of hydrogen-bond acceptors (Lipinski definition) is 4. The fourth-order valence-electron chi connectivity index (χ4n) is 3.10. The van der Waals surface area contributed by atoms with Crippen LogP contribution in [0.4, 0.5) is 0 Å². The third-order valence-electron chi connectivity index (χ3n) is 4.91. The number of hydrogen-bond donors (Lipinski definition) is 2. The lowest BCUT2D eigenvalue weighted by atomic mass is 10.1. The number of halogens is 1. The number of likely N-dealkylation sites (tertiary alicyclic amines) is 1. The highest BCUT2D eigenvalue weighted by Crippen LogP contribution is 2.29. The molecule has 0 unspecified atom stereocenters. The van der Waals surface area contributed by atoms with Crippen LogP contribution in [0.25, 0.3) is 0 Å². The second-order valence-electron chi connectivity index (χ2n) is 6.74. The summed E-state index contributed by atoms with van der Waals surface area (Å²) in [6.45, 7) is 9.33. The van der Waals surface area contributed by atoms with Gasteiger partial charge in [-0.2, -0.15) is 0 Å². The van der Waals surface area contributed by atoms with Crippen molar-refractivity contribution in [2.75, 3.05) is 19.6 Å². The lowest BCUT2D eigenvalue weighted by Gasteiger charge is -2.33. The molecule has 0 amide bonds. The molecule has 7 nitrogen and oxygen atoms in total. The van der Waals surface area contributed by atoms with Crippen molar-refractivity contribution in [3.8, 4) is 0 Å². The topological polar surface area (TPSA) is 70.4 Å². The number of rotatable bonds is 6. The van der Waals surface area contributed by atoms with Gasteiger partial charge in [-0.05, 0) is 32.6 Å². The van der Waals surface area contributed by atoms with Gasteiger partial charge in [0.1, 0.15) is 12.4 Å². The van der Waals surface area contributed by atoms with Gasteiger partial charge in [0.2, 0.25) is 0 Å². The van der Waals surface area contributed by atoms with Crippen molar-refractivity contribution in [1.82, 2.24) is 30.3 Å². The van der Waals surface area contributed by atoms with Crippen LogP contribution >= 0.6 is 24.0 Å².